The van der Waals surface area contributed by atoms with Gasteiger partial charge < -0.3 is 19.6 Å². The lowest BCUT2D eigenvalue weighted by atomic mass is 9.75. The third-order valence-corrected chi connectivity index (χ3v) is 3.98. The van der Waals surface area contributed by atoms with Crippen LogP contribution in [-0.2, 0) is 9.53 Å². The summed E-state index contributed by atoms with van der Waals surface area (Å²) in [5.74, 6) is -4.73. The minimum absolute atomic E-state index is 0.0198. The molecular formula is C16H23F2NO4. The zero-order chi connectivity index (χ0) is 17.1. The molecule has 1 unspecified atom stereocenters. The van der Waals surface area contributed by atoms with Crippen molar-refractivity contribution in [3.63, 3.8) is 0 Å². The highest BCUT2D eigenvalue weighted by atomic mass is 19.3. The lowest BCUT2D eigenvalue weighted by molar-refractivity contribution is -0.216. The van der Waals surface area contributed by atoms with Gasteiger partial charge in [-0.3, -0.25) is 4.79 Å². The van der Waals surface area contributed by atoms with E-state index in [1.165, 1.54) is 6.26 Å². The SMILES string of the molecule is CC(C)COCC(NC(=O)C(F)(F)C1(O)CCC1)c1ccco1. The third kappa shape index (κ3) is 3.90. The zero-order valence-corrected chi connectivity index (χ0v) is 13.4. The Morgan fingerprint density at radius 2 is 2.17 bits per heavy atom. The lowest BCUT2D eigenvalue weighted by Gasteiger charge is -2.41. The number of hydrogen-bond donors (Lipinski definition) is 2. The summed E-state index contributed by atoms with van der Waals surface area (Å²) in [5.41, 5.74) is -2.25. The highest BCUT2D eigenvalue weighted by molar-refractivity contribution is 5.85. The monoisotopic (exact) mass is 331 g/mol. The molecule has 1 atom stereocenters. The normalized spacial score (nSPS) is 18.5. The third-order valence-electron chi connectivity index (χ3n) is 3.98. The summed E-state index contributed by atoms with van der Waals surface area (Å²) in [7, 11) is 0. The first-order valence-corrected chi connectivity index (χ1v) is 7.78. The molecule has 1 heterocycles. The van der Waals surface area contributed by atoms with Gasteiger partial charge in [-0.2, -0.15) is 8.78 Å². The Bertz CT molecular complexity index is 512. The molecule has 1 aromatic heterocycles. The van der Waals surface area contributed by atoms with Gasteiger partial charge in [-0.1, -0.05) is 13.8 Å². The predicted molar refractivity (Wildman–Crippen MR) is 79.0 cm³/mol. The molecule has 1 aromatic rings. The number of halogens is 2. The molecule has 0 radical (unpaired) electrons. The molecule has 5 nitrogen and oxygen atoms in total. The quantitative estimate of drug-likeness (QED) is 0.768. The smallest absolute Gasteiger partial charge is 0.352 e. The summed E-state index contributed by atoms with van der Waals surface area (Å²) in [6.07, 6.45) is 1.72. The molecule has 2 rings (SSSR count). The fourth-order valence-corrected chi connectivity index (χ4v) is 2.39. The van der Waals surface area contributed by atoms with Crippen molar-refractivity contribution < 1.29 is 27.8 Å². The van der Waals surface area contributed by atoms with Gasteiger partial charge in [0.1, 0.15) is 17.4 Å². The lowest BCUT2D eigenvalue weighted by Crippen LogP contribution is -2.61. The summed E-state index contributed by atoms with van der Waals surface area (Å²) in [4.78, 5) is 12.0. The molecule has 1 fully saturated rings. The second-order valence-corrected chi connectivity index (χ2v) is 6.43. The number of carbonyl (C=O) groups excluding carboxylic acids is 1. The molecule has 7 heteroatoms. The molecule has 0 spiro atoms. The van der Waals surface area contributed by atoms with Crippen molar-refractivity contribution in [3.8, 4) is 0 Å². The van der Waals surface area contributed by atoms with E-state index in [1.54, 1.807) is 12.1 Å². The first-order valence-electron chi connectivity index (χ1n) is 7.78. The van der Waals surface area contributed by atoms with E-state index in [4.69, 9.17) is 9.15 Å². The fraction of sp³-hybridized carbons (Fsp3) is 0.688. The fourth-order valence-electron chi connectivity index (χ4n) is 2.39. The van der Waals surface area contributed by atoms with Crippen LogP contribution < -0.4 is 5.32 Å². The number of furan rings is 1. The summed E-state index contributed by atoms with van der Waals surface area (Å²) < 4.78 is 39.0. The number of amides is 1. The molecule has 0 aromatic carbocycles. The van der Waals surface area contributed by atoms with Crippen LogP contribution in [0.15, 0.2) is 22.8 Å². The first-order chi connectivity index (χ1) is 10.8. The Hall–Kier alpha value is -1.47. The van der Waals surface area contributed by atoms with Gasteiger partial charge in [0, 0.05) is 6.61 Å². The van der Waals surface area contributed by atoms with Crippen molar-refractivity contribution in [1.29, 1.82) is 0 Å². The number of carbonyl (C=O) groups is 1. The standard InChI is InChI=1S/C16H23F2NO4/c1-11(2)9-22-10-12(13-5-3-8-23-13)19-14(20)16(17,18)15(21)6-4-7-15/h3,5,8,11-12,21H,4,6-7,9-10H2,1-2H3,(H,19,20). The first kappa shape index (κ1) is 17.9. The molecule has 23 heavy (non-hydrogen) atoms. The second kappa shape index (κ2) is 6.97. The van der Waals surface area contributed by atoms with Crippen molar-refractivity contribution >= 4 is 5.91 Å². The van der Waals surface area contributed by atoms with Crippen molar-refractivity contribution in [2.75, 3.05) is 13.2 Å². The van der Waals surface area contributed by atoms with Crippen LogP contribution in [0.25, 0.3) is 0 Å². The van der Waals surface area contributed by atoms with E-state index in [1.807, 2.05) is 13.8 Å². The molecule has 1 saturated carbocycles. The Balaban J connectivity index is 2.03. The topological polar surface area (TPSA) is 71.7 Å². The van der Waals surface area contributed by atoms with E-state index >= 15 is 0 Å². The van der Waals surface area contributed by atoms with E-state index in [9.17, 15) is 18.7 Å². The van der Waals surface area contributed by atoms with Gasteiger partial charge in [-0.25, -0.2) is 0 Å². The number of ether oxygens (including phenoxy) is 1. The summed E-state index contributed by atoms with van der Waals surface area (Å²) in [5, 5.41) is 12.1. The van der Waals surface area contributed by atoms with E-state index in [-0.39, 0.29) is 25.4 Å². The van der Waals surface area contributed by atoms with Crippen LogP contribution in [0.3, 0.4) is 0 Å². The maximum atomic E-state index is 14.2. The molecule has 0 saturated heterocycles. The molecule has 1 aliphatic carbocycles. The van der Waals surface area contributed by atoms with E-state index in [0.717, 1.165) is 0 Å². The minimum atomic E-state index is -3.84. The number of aliphatic hydroxyl groups is 1. The molecule has 0 bridgehead atoms. The predicted octanol–water partition coefficient (Wildman–Crippen LogP) is 2.66. The zero-order valence-electron chi connectivity index (χ0n) is 13.4. The molecule has 1 amide bonds. The van der Waals surface area contributed by atoms with Crippen molar-refractivity contribution in [2.45, 2.75) is 50.7 Å². The highest BCUT2D eigenvalue weighted by Gasteiger charge is 2.61. The van der Waals surface area contributed by atoms with Crippen LogP contribution in [0.2, 0.25) is 0 Å². The van der Waals surface area contributed by atoms with E-state index < -0.39 is 23.5 Å². The Morgan fingerprint density at radius 1 is 1.48 bits per heavy atom. The van der Waals surface area contributed by atoms with Gasteiger partial charge in [0.25, 0.3) is 5.91 Å². The van der Waals surface area contributed by atoms with Crippen molar-refractivity contribution in [1.82, 2.24) is 5.32 Å². The molecular weight excluding hydrogens is 308 g/mol. The second-order valence-electron chi connectivity index (χ2n) is 6.43. The summed E-state index contributed by atoms with van der Waals surface area (Å²) in [6, 6.07) is 2.36. The van der Waals surface area contributed by atoms with Crippen LogP contribution in [0.1, 0.15) is 44.9 Å². The van der Waals surface area contributed by atoms with Crippen LogP contribution in [-0.4, -0.2) is 35.8 Å². The Labute approximate surface area is 134 Å². The van der Waals surface area contributed by atoms with Crippen molar-refractivity contribution in [3.05, 3.63) is 24.2 Å². The van der Waals surface area contributed by atoms with Gasteiger partial charge in [-0.05, 0) is 37.3 Å². The average molecular weight is 331 g/mol. The molecule has 0 aliphatic heterocycles. The maximum Gasteiger partial charge on any atom is 0.352 e. The maximum absolute atomic E-state index is 14.2. The largest absolute Gasteiger partial charge is 0.467 e. The number of hydrogen-bond acceptors (Lipinski definition) is 4. The van der Waals surface area contributed by atoms with Crippen LogP contribution >= 0.6 is 0 Å². The summed E-state index contributed by atoms with van der Waals surface area (Å²) in [6.45, 7) is 4.38. The van der Waals surface area contributed by atoms with Gasteiger partial charge in [-0.15, -0.1) is 0 Å². The number of rotatable bonds is 8. The van der Waals surface area contributed by atoms with Gasteiger partial charge in [0.05, 0.1) is 12.9 Å². The highest BCUT2D eigenvalue weighted by Crippen LogP contribution is 2.44. The summed E-state index contributed by atoms with van der Waals surface area (Å²) >= 11 is 0. The Morgan fingerprint density at radius 3 is 2.65 bits per heavy atom. The van der Waals surface area contributed by atoms with Gasteiger partial charge in [0.2, 0.25) is 0 Å². The number of alkyl halides is 2. The molecule has 2 N–H and O–H groups in total. The number of nitrogens with one attached hydrogen (secondary N) is 1. The van der Waals surface area contributed by atoms with Gasteiger partial charge in [0.15, 0.2) is 0 Å². The van der Waals surface area contributed by atoms with Crippen molar-refractivity contribution in [2.24, 2.45) is 5.92 Å². The van der Waals surface area contributed by atoms with Gasteiger partial charge >= 0.3 is 5.92 Å². The minimum Gasteiger partial charge on any atom is -0.467 e. The van der Waals surface area contributed by atoms with Crippen LogP contribution in [0, 0.1) is 5.92 Å². The van der Waals surface area contributed by atoms with E-state index in [0.29, 0.717) is 18.8 Å². The van der Waals surface area contributed by atoms with Crippen LogP contribution in [0.4, 0.5) is 8.78 Å². The Kier molecular flexibility index (Phi) is 5.41. The van der Waals surface area contributed by atoms with E-state index in [2.05, 4.69) is 5.32 Å². The average Bonchev–Trinajstić information content (AvgIpc) is 2.96. The molecule has 130 valence electrons. The van der Waals surface area contributed by atoms with Crippen LogP contribution in [0.5, 0.6) is 0 Å². The molecule has 1 aliphatic rings.